The van der Waals surface area contributed by atoms with E-state index in [1.165, 1.54) is 29.2 Å². The Labute approximate surface area is 140 Å². The van der Waals surface area contributed by atoms with Gasteiger partial charge in [0, 0.05) is 0 Å². The van der Waals surface area contributed by atoms with Crippen molar-refractivity contribution in [2.75, 3.05) is 12.4 Å². The quantitative estimate of drug-likeness (QED) is 0.818. The number of amides is 1. The molecule has 0 spiro atoms. The highest BCUT2D eigenvalue weighted by Gasteiger charge is 2.24. The molecule has 0 saturated heterocycles. The number of benzene rings is 2. The lowest BCUT2D eigenvalue weighted by molar-refractivity contribution is -0.132. The van der Waals surface area contributed by atoms with Gasteiger partial charge in [0.1, 0.15) is 11.7 Å². The third-order valence-corrected chi connectivity index (χ3v) is 4.04. The van der Waals surface area contributed by atoms with Crippen LogP contribution >= 0.6 is 11.6 Å². The Morgan fingerprint density at radius 3 is 2.30 bits per heavy atom. The first-order chi connectivity index (χ1) is 11.0. The molecule has 2 atom stereocenters. The Morgan fingerprint density at radius 2 is 1.74 bits per heavy atom. The Hall–Kier alpha value is -1.91. The lowest BCUT2D eigenvalue weighted by atomic mass is 10.0. The van der Waals surface area contributed by atoms with E-state index in [9.17, 15) is 14.3 Å². The molecule has 1 amide bonds. The maximum atomic E-state index is 13.0. The van der Waals surface area contributed by atoms with Gasteiger partial charge in [0.2, 0.25) is 5.91 Å². The largest absolute Gasteiger partial charge is 0.387 e. The molecule has 0 aliphatic heterocycles. The summed E-state index contributed by atoms with van der Waals surface area (Å²) in [5, 5.41) is 10.4. The van der Waals surface area contributed by atoms with Crippen LogP contribution in [0.2, 0.25) is 0 Å². The topological polar surface area (TPSA) is 40.5 Å². The number of nitrogens with zero attached hydrogens (tertiary/aromatic N) is 1. The summed E-state index contributed by atoms with van der Waals surface area (Å²) in [5.74, 6) is -0.788. The molecule has 2 aromatic carbocycles. The second-order valence-electron chi connectivity index (χ2n) is 5.33. The van der Waals surface area contributed by atoms with Gasteiger partial charge in [-0.05, 0) is 30.2 Å². The number of alkyl halides is 1. The summed E-state index contributed by atoms with van der Waals surface area (Å²) in [4.78, 5) is 13.7. The van der Waals surface area contributed by atoms with Crippen molar-refractivity contribution in [1.82, 2.24) is 4.90 Å². The fourth-order valence-corrected chi connectivity index (χ4v) is 2.59. The highest BCUT2D eigenvalue weighted by Crippen LogP contribution is 2.24. The third kappa shape index (κ3) is 4.53. The number of aliphatic hydroxyl groups is 1. The van der Waals surface area contributed by atoms with Gasteiger partial charge in [0.15, 0.2) is 0 Å². The van der Waals surface area contributed by atoms with Gasteiger partial charge in [-0.3, -0.25) is 4.79 Å². The van der Waals surface area contributed by atoms with Crippen molar-refractivity contribution in [3.05, 3.63) is 71.5 Å². The Balaban J connectivity index is 2.18. The van der Waals surface area contributed by atoms with Crippen molar-refractivity contribution >= 4 is 17.5 Å². The van der Waals surface area contributed by atoms with E-state index in [0.29, 0.717) is 5.56 Å². The van der Waals surface area contributed by atoms with Crippen LogP contribution in [0.5, 0.6) is 0 Å². The second kappa shape index (κ2) is 8.09. The average Bonchev–Trinajstić information content (AvgIpc) is 2.59. The van der Waals surface area contributed by atoms with Gasteiger partial charge in [-0.2, -0.15) is 0 Å². The number of carbonyl (C=O) groups is 1. The lowest BCUT2D eigenvalue weighted by Crippen LogP contribution is -2.37. The summed E-state index contributed by atoms with van der Waals surface area (Å²) in [6.45, 7) is 1.98. The zero-order valence-corrected chi connectivity index (χ0v) is 13.6. The van der Waals surface area contributed by atoms with E-state index in [0.717, 1.165) is 5.56 Å². The van der Waals surface area contributed by atoms with Gasteiger partial charge in [-0.1, -0.05) is 42.5 Å². The molecule has 0 aromatic heterocycles. The summed E-state index contributed by atoms with van der Waals surface area (Å²) in [7, 11) is 0. The Bertz CT molecular complexity index is 633. The predicted molar refractivity (Wildman–Crippen MR) is 88.6 cm³/mol. The molecule has 23 heavy (non-hydrogen) atoms. The standard InChI is InChI=1S/C18H19ClFNO2/c1-13(14-5-3-2-4-6-14)21(18(23)11-19)12-17(22)15-7-9-16(20)10-8-15/h2-10,13,17,22H,11-12H2,1H3/t13-,17-/m1/s1. The molecular weight excluding hydrogens is 317 g/mol. The molecule has 2 aromatic rings. The zero-order valence-electron chi connectivity index (χ0n) is 12.8. The predicted octanol–water partition coefficient (Wildman–Crippen LogP) is 3.69. The molecule has 122 valence electrons. The van der Waals surface area contributed by atoms with Crippen molar-refractivity contribution in [1.29, 1.82) is 0 Å². The molecule has 0 heterocycles. The van der Waals surface area contributed by atoms with Crippen molar-refractivity contribution in [3.63, 3.8) is 0 Å². The van der Waals surface area contributed by atoms with E-state index in [1.54, 1.807) is 0 Å². The molecule has 0 unspecified atom stereocenters. The average molecular weight is 336 g/mol. The van der Waals surface area contributed by atoms with Crippen molar-refractivity contribution in [3.8, 4) is 0 Å². The van der Waals surface area contributed by atoms with Crippen LogP contribution in [0.15, 0.2) is 54.6 Å². The van der Waals surface area contributed by atoms with Gasteiger partial charge in [-0.15, -0.1) is 11.6 Å². The fourth-order valence-electron chi connectivity index (χ4n) is 2.44. The number of carbonyl (C=O) groups excluding carboxylic acids is 1. The lowest BCUT2D eigenvalue weighted by Gasteiger charge is -2.31. The first kappa shape index (κ1) is 17.4. The van der Waals surface area contributed by atoms with Crippen LogP contribution in [0, 0.1) is 5.82 Å². The van der Waals surface area contributed by atoms with Crippen LogP contribution in [-0.4, -0.2) is 28.3 Å². The normalized spacial score (nSPS) is 13.4. The molecule has 1 N–H and O–H groups in total. The number of hydrogen-bond acceptors (Lipinski definition) is 2. The Morgan fingerprint density at radius 1 is 1.13 bits per heavy atom. The first-order valence-electron chi connectivity index (χ1n) is 7.37. The molecule has 0 radical (unpaired) electrons. The molecule has 0 aliphatic rings. The van der Waals surface area contributed by atoms with Crippen LogP contribution < -0.4 is 0 Å². The molecular formula is C18H19ClFNO2. The highest BCUT2D eigenvalue weighted by molar-refractivity contribution is 6.27. The summed E-state index contributed by atoms with van der Waals surface area (Å²) in [5.41, 5.74) is 1.51. The number of aliphatic hydroxyl groups excluding tert-OH is 1. The summed E-state index contributed by atoms with van der Waals surface area (Å²) >= 11 is 5.71. The van der Waals surface area contributed by atoms with Crippen LogP contribution in [-0.2, 0) is 4.79 Å². The number of rotatable bonds is 6. The molecule has 0 aliphatic carbocycles. The van der Waals surface area contributed by atoms with Crippen molar-refractivity contribution in [2.45, 2.75) is 19.1 Å². The van der Waals surface area contributed by atoms with Gasteiger partial charge < -0.3 is 10.0 Å². The van der Waals surface area contributed by atoms with Crippen molar-refractivity contribution in [2.24, 2.45) is 0 Å². The SMILES string of the molecule is C[C@H](c1ccccc1)N(C[C@@H](O)c1ccc(F)cc1)C(=O)CCl. The highest BCUT2D eigenvalue weighted by atomic mass is 35.5. The van der Waals surface area contributed by atoms with Gasteiger partial charge in [-0.25, -0.2) is 4.39 Å². The van der Waals surface area contributed by atoms with Crippen molar-refractivity contribution < 1.29 is 14.3 Å². The van der Waals surface area contributed by atoms with Gasteiger partial charge >= 0.3 is 0 Å². The van der Waals surface area contributed by atoms with Crippen LogP contribution in [0.1, 0.15) is 30.2 Å². The van der Waals surface area contributed by atoms with E-state index in [-0.39, 0.29) is 30.2 Å². The first-order valence-corrected chi connectivity index (χ1v) is 7.90. The molecule has 2 rings (SSSR count). The smallest absolute Gasteiger partial charge is 0.238 e. The monoisotopic (exact) mass is 335 g/mol. The van der Waals surface area contributed by atoms with Gasteiger partial charge in [0.25, 0.3) is 0 Å². The minimum atomic E-state index is -0.908. The Kier molecular flexibility index (Phi) is 6.13. The molecule has 0 saturated carbocycles. The number of halogens is 2. The molecule has 3 nitrogen and oxygen atoms in total. The van der Waals surface area contributed by atoms with Crippen LogP contribution in [0.3, 0.4) is 0 Å². The minimum absolute atomic E-state index is 0.0905. The van der Waals surface area contributed by atoms with E-state index < -0.39 is 6.10 Å². The van der Waals surface area contributed by atoms with E-state index >= 15 is 0 Å². The van der Waals surface area contributed by atoms with E-state index in [2.05, 4.69) is 0 Å². The maximum absolute atomic E-state index is 13.0. The summed E-state index contributed by atoms with van der Waals surface area (Å²) in [6, 6.07) is 14.9. The second-order valence-corrected chi connectivity index (χ2v) is 5.60. The minimum Gasteiger partial charge on any atom is -0.387 e. The molecule has 0 fully saturated rings. The van der Waals surface area contributed by atoms with Gasteiger partial charge in [0.05, 0.1) is 18.7 Å². The third-order valence-electron chi connectivity index (χ3n) is 3.81. The summed E-state index contributed by atoms with van der Waals surface area (Å²) < 4.78 is 13.0. The fraction of sp³-hybridized carbons (Fsp3) is 0.278. The van der Waals surface area contributed by atoms with Crippen LogP contribution in [0.4, 0.5) is 4.39 Å². The van der Waals surface area contributed by atoms with Crippen LogP contribution in [0.25, 0.3) is 0 Å². The maximum Gasteiger partial charge on any atom is 0.238 e. The molecule has 5 heteroatoms. The summed E-state index contributed by atoms with van der Waals surface area (Å²) in [6.07, 6.45) is -0.908. The zero-order chi connectivity index (χ0) is 16.8. The number of hydrogen-bond donors (Lipinski definition) is 1. The van der Waals surface area contributed by atoms with E-state index in [4.69, 9.17) is 11.6 Å². The van der Waals surface area contributed by atoms with E-state index in [1.807, 2.05) is 37.3 Å². The molecule has 0 bridgehead atoms.